The molecule has 1 aliphatic rings. The van der Waals surface area contributed by atoms with Crippen molar-refractivity contribution in [3.05, 3.63) is 70.4 Å². The first kappa shape index (κ1) is 26.2. The topological polar surface area (TPSA) is 88.7 Å². The van der Waals surface area contributed by atoms with Gasteiger partial charge in [-0.05, 0) is 66.8 Å². The summed E-state index contributed by atoms with van der Waals surface area (Å²) in [4.78, 5) is 18.3. The highest BCUT2D eigenvalue weighted by atomic mass is 31.1. The molecule has 1 aliphatic heterocycles. The monoisotopic (exact) mass is 483 g/mol. The van der Waals surface area contributed by atoms with Crippen LogP contribution >= 0.6 is 8.58 Å². The van der Waals surface area contributed by atoms with Crippen molar-refractivity contribution in [3.63, 3.8) is 0 Å². The van der Waals surface area contributed by atoms with Crippen LogP contribution in [0, 0.1) is 6.92 Å². The number of rotatable bonds is 11. The fourth-order valence-electron chi connectivity index (χ4n) is 4.39. The third-order valence-electron chi connectivity index (χ3n) is 6.40. The number of nitrogens with zero attached hydrogens (tertiary/aromatic N) is 2. The second-order valence-electron chi connectivity index (χ2n) is 9.10. The number of aryl methyl sites for hydroxylation is 1. The highest BCUT2D eigenvalue weighted by Gasteiger charge is 2.23. The van der Waals surface area contributed by atoms with Crippen molar-refractivity contribution in [2.45, 2.75) is 71.6 Å². The highest BCUT2D eigenvalue weighted by Crippen LogP contribution is 2.30. The van der Waals surface area contributed by atoms with E-state index in [9.17, 15) is 9.90 Å². The van der Waals surface area contributed by atoms with Crippen molar-refractivity contribution in [1.82, 2.24) is 9.88 Å². The summed E-state index contributed by atoms with van der Waals surface area (Å²) in [6, 6.07) is 8.36. The van der Waals surface area contributed by atoms with Gasteiger partial charge in [0.2, 0.25) is 0 Å². The summed E-state index contributed by atoms with van der Waals surface area (Å²) >= 11 is 0. The van der Waals surface area contributed by atoms with Gasteiger partial charge in [0.15, 0.2) is 0 Å². The lowest BCUT2D eigenvalue weighted by molar-refractivity contribution is -0.137. The molecule has 3 N–H and O–H groups in total. The molecule has 7 heteroatoms. The van der Waals surface area contributed by atoms with E-state index < -0.39 is 5.97 Å². The Labute approximate surface area is 205 Å². The number of carbonyl (C=O) groups is 1. The summed E-state index contributed by atoms with van der Waals surface area (Å²) < 4.78 is 6.23. The first-order chi connectivity index (χ1) is 16.4. The minimum atomic E-state index is -0.773. The van der Waals surface area contributed by atoms with E-state index in [0.29, 0.717) is 0 Å². The zero-order valence-corrected chi connectivity index (χ0v) is 21.6. The van der Waals surface area contributed by atoms with Crippen LogP contribution in [0.4, 0.5) is 0 Å². The number of benzene rings is 1. The van der Waals surface area contributed by atoms with Crippen molar-refractivity contribution < 1.29 is 14.6 Å². The summed E-state index contributed by atoms with van der Waals surface area (Å²) in [5, 5.41) is 9.54. The van der Waals surface area contributed by atoms with Crippen LogP contribution < -0.4 is 10.5 Å². The molecule has 3 rings (SSSR count). The average Bonchev–Trinajstić information content (AvgIpc) is 3.00. The van der Waals surface area contributed by atoms with E-state index >= 15 is 0 Å². The summed E-state index contributed by atoms with van der Waals surface area (Å²) in [5.41, 5.74) is 11.7. The summed E-state index contributed by atoms with van der Waals surface area (Å²) in [5.74, 6) is 2.18. The van der Waals surface area contributed by atoms with Gasteiger partial charge in [0.05, 0.1) is 6.42 Å². The molecule has 2 heterocycles. The Balaban J connectivity index is 1.80. The highest BCUT2D eigenvalue weighted by molar-refractivity contribution is 7.41. The van der Waals surface area contributed by atoms with E-state index in [0.717, 1.165) is 76.2 Å². The standard InChI is InChI=1S/C27H38N3O3P/c1-4-25-17-30(16-23-14-29-11-10-26(23)33-25)15-22-12-20(7-6-19(22)3)21(13-27(31)32)8-9-24(28)18-34-5-2/h6-7,10-12,14,18,21,25,34H,4-5,8-9,13,15-17,28H2,1-3H3,(H,31,32)/b24-18-/t21?,25-/m1/s1. The molecular formula is C27H38N3O3P. The molecule has 0 fully saturated rings. The van der Waals surface area contributed by atoms with Crippen LogP contribution in [0.1, 0.15) is 67.7 Å². The maximum Gasteiger partial charge on any atom is 0.303 e. The summed E-state index contributed by atoms with van der Waals surface area (Å²) in [6.45, 7) is 8.82. The molecule has 184 valence electrons. The van der Waals surface area contributed by atoms with Crippen LogP contribution in [-0.4, -0.2) is 39.8 Å². The molecule has 3 atom stereocenters. The third-order valence-corrected chi connectivity index (χ3v) is 7.38. The van der Waals surface area contributed by atoms with Gasteiger partial charge >= 0.3 is 5.97 Å². The number of aromatic nitrogens is 1. The Hall–Kier alpha value is -2.43. The van der Waals surface area contributed by atoms with Crippen LogP contribution in [0.15, 0.2) is 48.2 Å². The van der Waals surface area contributed by atoms with Gasteiger partial charge in [-0.3, -0.25) is 14.7 Å². The number of fused-ring (bicyclic) bond motifs is 1. The van der Waals surface area contributed by atoms with Crippen LogP contribution in [0.3, 0.4) is 0 Å². The van der Waals surface area contributed by atoms with Gasteiger partial charge in [-0.15, -0.1) is 0 Å². The minimum absolute atomic E-state index is 0.0606. The molecule has 0 radical (unpaired) electrons. The number of ether oxygens (including phenoxy) is 1. The Morgan fingerprint density at radius 2 is 2.21 bits per heavy atom. The van der Waals surface area contributed by atoms with E-state index in [1.54, 1.807) is 6.20 Å². The molecule has 2 aromatic rings. The Kier molecular flexibility index (Phi) is 9.91. The van der Waals surface area contributed by atoms with E-state index in [-0.39, 0.29) is 18.4 Å². The quantitative estimate of drug-likeness (QED) is 0.416. The van der Waals surface area contributed by atoms with E-state index in [2.05, 4.69) is 54.7 Å². The molecular weight excluding hydrogens is 445 g/mol. The number of carboxylic acid groups (broad SMARTS) is 1. The third kappa shape index (κ3) is 7.54. The largest absolute Gasteiger partial charge is 0.489 e. The number of carboxylic acids is 1. The second kappa shape index (κ2) is 12.9. The van der Waals surface area contributed by atoms with Crippen molar-refractivity contribution >= 4 is 14.6 Å². The number of aliphatic carboxylic acids is 1. The Morgan fingerprint density at radius 3 is 2.94 bits per heavy atom. The lowest BCUT2D eigenvalue weighted by atomic mass is 9.88. The normalized spacial score (nSPS) is 17.9. The zero-order chi connectivity index (χ0) is 24.5. The average molecular weight is 484 g/mol. The van der Waals surface area contributed by atoms with Gasteiger partial charge in [-0.2, -0.15) is 0 Å². The van der Waals surface area contributed by atoms with E-state index in [1.807, 2.05) is 12.3 Å². The molecule has 0 saturated carbocycles. The lowest BCUT2D eigenvalue weighted by Gasteiger charge is -2.25. The van der Waals surface area contributed by atoms with Crippen LogP contribution in [0.5, 0.6) is 5.75 Å². The molecule has 1 aromatic carbocycles. The maximum atomic E-state index is 11.6. The van der Waals surface area contributed by atoms with Gasteiger partial charge in [0.25, 0.3) is 0 Å². The molecule has 0 amide bonds. The van der Waals surface area contributed by atoms with E-state index in [4.69, 9.17) is 10.5 Å². The lowest BCUT2D eigenvalue weighted by Crippen LogP contribution is -2.32. The number of nitrogens with two attached hydrogens (primary N) is 1. The van der Waals surface area contributed by atoms with Crippen LogP contribution in [0.2, 0.25) is 0 Å². The van der Waals surface area contributed by atoms with Gasteiger partial charge in [0, 0.05) is 43.3 Å². The van der Waals surface area contributed by atoms with Crippen molar-refractivity contribution in [2.24, 2.45) is 5.73 Å². The van der Waals surface area contributed by atoms with Gasteiger partial charge < -0.3 is 15.6 Å². The molecule has 2 unspecified atom stereocenters. The predicted molar refractivity (Wildman–Crippen MR) is 140 cm³/mol. The summed E-state index contributed by atoms with van der Waals surface area (Å²) in [7, 11) is 0.720. The van der Waals surface area contributed by atoms with Crippen LogP contribution in [-0.2, 0) is 17.9 Å². The van der Waals surface area contributed by atoms with Crippen molar-refractivity contribution in [3.8, 4) is 5.75 Å². The molecule has 0 saturated heterocycles. The number of hydrogen-bond donors (Lipinski definition) is 2. The molecule has 0 bridgehead atoms. The maximum absolute atomic E-state index is 11.6. The van der Waals surface area contributed by atoms with Crippen LogP contribution in [0.25, 0.3) is 0 Å². The van der Waals surface area contributed by atoms with Gasteiger partial charge in [0.1, 0.15) is 11.9 Å². The first-order valence-corrected chi connectivity index (χ1v) is 13.5. The van der Waals surface area contributed by atoms with Gasteiger partial charge in [-0.1, -0.05) is 40.6 Å². The Morgan fingerprint density at radius 1 is 1.38 bits per heavy atom. The number of allylic oxidation sites excluding steroid dienone is 1. The summed E-state index contributed by atoms with van der Waals surface area (Å²) in [6.07, 6.45) is 7.39. The molecule has 0 spiro atoms. The number of hydrogen-bond acceptors (Lipinski definition) is 5. The molecule has 34 heavy (non-hydrogen) atoms. The minimum Gasteiger partial charge on any atom is -0.489 e. The fourth-order valence-corrected chi connectivity index (χ4v) is 5.00. The SMILES string of the molecule is CCP/C=C(\N)CCC(CC(=O)O)c1ccc(C)c(CN2Cc3cnccc3O[C@H](CC)C2)c1. The van der Waals surface area contributed by atoms with E-state index in [1.165, 1.54) is 11.1 Å². The zero-order valence-electron chi connectivity index (χ0n) is 20.6. The smallest absolute Gasteiger partial charge is 0.303 e. The molecule has 6 nitrogen and oxygen atoms in total. The second-order valence-corrected chi connectivity index (χ2v) is 10.5. The van der Waals surface area contributed by atoms with Crippen molar-refractivity contribution in [1.29, 1.82) is 0 Å². The Bertz CT molecular complexity index is 995. The van der Waals surface area contributed by atoms with Gasteiger partial charge in [-0.25, -0.2) is 0 Å². The van der Waals surface area contributed by atoms with Crippen molar-refractivity contribution in [2.75, 3.05) is 12.7 Å². The molecule has 0 aliphatic carbocycles. The first-order valence-electron chi connectivity index (χ1n) is 12.2. The number of pyridine rings is 1. The fraction of sp³-hybridized carbons (Fsp3) is 0.481. The molecule has 1 aromatic heterocycles. The predicted octanol–water partition coefficient (Wildman–Crippen LogP) is 5.40.